The number of carbonyl (C=O) groups excluding carboxylic acids is 3. The summed E-state index contributed by atoms with van der Waals surface area (Å²) in [5.74, 6) is -1.96. The van der Waals surface area contributed by atoms with E-state index in [4.69, 9.17) is 18.6 Å². The van der Waals surface area contributed by atoms with Gasteiger partial charge in [0, 0.05) is 12.1 Å². The first-order valence-corrected chi connectivity index (χ1v) is 9.16. The number of furan rings is 1. The molecule has 0 radical (unpaired) electrons. The average Bonchev–Trinajstić information content (AvgIpc) is 3.47. The van der Waals surface area contributed by atoms with Crippen molar-refractivity contribution in [1.82, 2.24) is 0 Å². The van der Waals surface area contributed by atoms with E-state index in [1.165, 1.54) is 25.4 Å². The first kappa shape index (κ1) is 19.7. The highest BCUT2D eigenvalue weighted by molar-refractivity contribution is 6.17. The smallest absolute Gasteiger partial charge is 0.338 e. The third-order valence-corrected chi connectivity index (χ3v) is 5.21. The second-order valence-electron chi connectivity index (χ2n) is 6.69. The van der Waals surface area contributed by atoms with Crippen LogP contribution in [0.5, 0.6) is 0 Å². The molecule has 0 fully saturated rings. The predicted octanol–water partition coefficient (Wildman–Crippen LogP) is 2.42. The van der Waals surface area contributed by atoms with Crippen molar-refractivity contribution in [3.8, 4) is 0 Å². The highest BCUT2D eigenvalue weighted by Crippen LogP contribution is 2.56. The number of anilines is 1. The minimum absolute atomic E-state index is 0.136. The highest BCUT2D eigenvalue weighted by Gasteiger charge is 2.64. The van der Waals surface area contributed by atoms with Gasteiger partial charge in [0.2, 0.25) is 5.60 Å². The molecule has 30 heavy (non-hydrogen) atoms. The number of esters is 2. The van der Waals surface area contributed by atoms with Gasteiger partial charge < -0.3 is 23.5 Å². The van der Waals surface area contributed by atoms with Crippen LogP contribution in [0.4, 0.5) is 5.69 Å². The van der Waals surface area contributed by atoms with Crippen LogP contribution in [-0.4, -0.2) is 38.6 Å². The lowest BCUT2D eigenvalue weighted by molar-refractivity contribution is -0.149. The number of fused-ring (bicyclic) bond motifs is 2. The Bertz CT molecular complexity index is 1070. The molecule has 0 N–H and O–H groups in total. The summed E-state index contributed by atoms with van der Waals surface area (Å²) in [6.45, 7) is 3.89. The van der Waals surface area contributed by atoms with Crippen molar-refractivity contribution in [3.05, 3.63) is 77.8 Å². The molecule has 4 rings (SSSR count). The molecule has 1 aromatic heterocycles. The number of nitrogens with zero attached hydrogens (tertiary/aromatic N) is 1. The monoisotopic (exact) mass is 409 g/mol. The van der Waals surface area contributed by atoms with Gasteiger partial charge in [0.25, 0.3) is 5.91 Å². The molecule has 1 amide bonds. The molecule has 0 saturated carbocycles. The summed E-state index contributed by atoms with van der Waals surface area (Å²) < 4.78 is 21.6. The number of benzene rings is 1. The van der Waals surface area contributed by atoms with Gasteiger partial charge in [-0.15, -0.1) is 6.58 Å². The largest absolute Gasteiger partial charge is 0.466 e. The van der Waals surface area contributed by atoms with E-state index in [-0.39, 0.29) is 23.5 Å². The molecule has 8 nitrogen and oxygen atoms in total. The van der Waals surface area contributed by atoms with E-state index in [0.29, 0.717) is 11.3 Å². The SMILES string of the molecule is C=CCN1C(=O)[C@@]2(O[C@@H](c3ccco3)C(C(=O)OC)=C2C(=O)OC)c2ccccc21. The Hall–Kier alpha value is -3.65. The van der Waals surface area contributed by atoms with Crippen LogP contribution in [0.3, 0.4) is 0 Å². The molecule has 0 aliphatic carbocycles. The molecule has 0 saturated heterocycles. The molecule has 2 atom stereocenters. The molecule has 154 valence electrons. The normalized spacial score (nSPS) is 22.4. The molecule has 3 heterocycles. The van der Waals surface area contributed by atoms with Crippen LogP contribution in [0.15, 0.2) is 70.9 Å². The number of carbonyl (C=O) groups is 3. The number of hydrogen-bond donors (Lipinski definition) is 0. The summed E-state index contributed by atoms with van der Waals surface area (Å²) in [7, 11) is 2.36. The van der Waals surface area contributed by atoms with Gasteiger partial charge >= 0.3 is 11.9 Å². The molecule has 2 aliphatic heterocycles. The van der Waals surface area contributed by atoms with Crippen LogP contribution in [0.1, 0.15) is 17.4 Å². The Morgan fingerprint density at radius 2 is 1.90 bits per heavy atom. The first-order chi connectivity index (χ1) is 14.5. The van der Waals surface area contributed by atoms with Crippen molar-refractivity contribution < 1.29 is 33.0 Å². The molecule has 1 spiro atoms. The maximum atomic E-state index is 13.7. The second-order valence-corrected chi connectivity index (χ2v) is 6.69. The fourth-order valence-electron chi connectivity index (χ4n) is 4.02. The third-order valence-electron chi connectivity index (χ3n) is 5.21. The fourth-order valence-corrected chi connectivity index (χ4v) is 4.02. The van der Waals surface area contributed by atoms with E-state index in [2.05, 4.69) is 6.58 Å². The number of amides is 1. The number of methoxy groups -OCH3 is 2. The molecule has 0 bridgehead atoms. The number of ether oxygens (including phenoxy) is 3. The Balaban J connectivity index is 2.05. The number of rotatable bonds is 5. The van der Waals surface area contributed by atoms with Crippen molar-refractivity contribution in [2.24, 2.45) is 0 Å². The molecule has 2 aliphatic rings. The van der Waals surface area contributed by atoms with E-state index in [1.807, 2.05) is 0 Å². The molecular formula is C22H19NO7. The Kier molecular flexibility index (Phi) is 4.79. The van der Waals surface area contributed by atoms with Crippen molar-refractivity contribution >= 4 is 23.5 Å². The summed E-state index contributed by atoms with van der Waals surface area (Å²) in [5, 5.41) is 0. The molecular weight excluding hydrogens is 390 g/mol. The lowest BCUT2D eigenvalue weighted by Crippen LogP contribution is -2.44. The predicted molar refractivity (Wildman–Crippen MR) is 104 cm³/mol. The van der Waals surface area contributed by atoms with E-state index in [9.17, 15) is 14.4 Å². The van der Waals surface area contributed by atoms with Gasteiger partial charge in [-0.1, -0.05) is 24.3 Å². The minimum atomic E-state index is -1.88. The lowest BCUT2D eigenvalue weighted by atomic mass is 9.85. The third kappa shape index (κ3) is 2.54. The highest BCUT2D eigenvalue weighted by atomic mass is 16.6. The van der Waals surface area contributed by atoms with E-state index >= 15 is 0 Å². The zero-order chi connectivity index (χ0) is 21.5. The zero-order valence-electron chi connectivity index (χ0n) is 16.4. The van der Waals surface area contributed by atoms with Gasteiger partial charge in [-0.2, -0.15) is 0 Å². The Morgan fingerprint density at radius 1 is 1.17 bits per heavy atom. The molecule has 1 aromatic carbocycles. The maximum Gasteiger partial charge on any atom is 0.338 e. The Morgan fingerprint density at radius 3 is 2.53 bits per heavy atom. The molecule has 0 unspecified atom stereocenters. The quantitative estimate of drug-likeness (QED) is 0.553. The second kappa shape index (κ2) is 7.31. The fraction of sp³-hybridized carbons (Fsp3) is 0.227. The number of hydrogen-bond acceptors (Lipinski definition) is 7. The van der Waals surface area contributed by atoms with Crippen LogP contribution < -0.4 is 4.90 Å². The topological polar surface area (TPSA) is 95.3 Å². The van der Waals surface area contributed by atoms with Gasteiger partial charge in [0.1, 0.15) is 5.76 Å². The van der Waals surface area contributed by atoms with E-state index in [1.54, 1.807) is 42.5 Å². The summed E-state index contributed by atoms with van der Waals surface area (Å²) in [6.07, 6.45) is 1.84. The standard InChI is InChI=1S/C22H19NO7/c1-4-11-23-14-9-6-5-8-13(14)22(21(23)26)17(20(25)28-3)16(19(24)27-2)18(30-22)15-10-7-12-29-15/h4-10,12,18H,1,11H2,2-3H3/t18-,22+/m0/s1. The van der Waals surface area contributed by atoms with Gasteiger partial charge in [0.15, 0.2) is 6.10 Å². The van der Waals surface area contributed by atoms with Gasteiger partial charge in [0.05, 0.1) is 37.3 Å². The van der Waals surface area contributed by atoms with Crippen molar-refractivity contribution in [1.29, 1.82) is 0 Å². The number of para-hydroxylation sites is 1. The summed E-state index contributed by atoms with van der Waals surface area (Å²) >= 11 is 0. The van der Waals surface area contributed by atoms with Crippen molar-refractivity contribution in [3.63, 3.8) is 0 Å². The lowest BCUT2D eigenvalue weighted by Gasteiger charge is -2.26. The van der Waals surface area contributed by atoms with Crippen LogP contribution in [0.2, 0.25) is 0 Å². The maximum absolute atomic E-state index is 13.7. The van der Waals surface area contributed by atoms with Crippen molar-refractivity contribution in [2.75, 3.05) is 25.7 Å². The van der Waals surface area contributed by atoms with Gasteiger partial charge in [-0.3, -0.25) is 4.79 Å². The van der Waals surface area contributed by atoms with Crippen LogP contribution >= 0.6 is 0 Å². The first-order valence-electron chi connectivity index (χ1n) is 9.16. The molecule has 2 aromatic rings. The van der Waals surface area contributed by atoms with E-state index < -0.39 is 29.6 Å². The summed E-state index contributed by atoms with van der Waals surface area (Å²) in [5.41, 5.74) is -1.26. The van der Waals surface area contributed by atoms with E-state index in [0.717, 1.165) is 0 Å². The van der Waals surface area contributed by atoms with Crippen LogP contribution in [0.25, 0.3) is 0 Å². The Labute approximate surface area is 172 Å². The zero-order valence-corrected chi connectivity index (χ0v) is 16.4. The average molecular weight is 409 g/mol. The molecule has 8 heteroatoms. The van der Waals surface area contributed by atoms with Crippen LogP contribution in [-0.2, 0) is 34.2 Å². The summed E-state index contributed by atoms with van der Waals surface area (Å²) in [6, 6.07) is 10.1. The van der Waals surface area contributed by atoms with Crippen LogP contribution in [0, 0.1) is 0 Å². The van der Waals surface area contributed by atoms with Crippen molar-refractivity contribution in [2.45, 2.75) is 11.7 Å². The van der Waals surface area contributed by atoms with Gasteiger partial charge in [-0.05, 0) is 18.2 Å². The summed E-state index contributed by atoms with van der Waals surface area (Å²) in [4.78, 5) is 40.9. The minimum Gasteiger partial charge on any atom is -0.466 e. The van der Waals surface area contributed by atoms with Gasteiger partial charge in [-0.25, -0.2) is 9.59 Å².